The molecule has 1 fully saturated rings. The van der Waals surface area contributed by atoms with Crippen molar-refractivity contribution in [3.63, 3.8) is 0 Å². The van der Waals surface area contributed by atoms with Crippen LogP contribution in [-0.2, 0) is 20.9 Å². The minimum absolute atomic E-state index is 0.0409. The van der Waals surface area contributed by atoms with Gasteiger partial charge in [0, 0.05) is 0 Å². The largest absolute Gasteiger partial charge is 0.444 e. The van der Waals surface area contributed by atoms with Crippen LogP contribution in [0.5, 0.6) is 0 Å². The van der Waals surface area contributed by atoms with Gasteiger partial charge in [0.05, 0.1) is 6.54 Å². The lowest BCUT2D eigenvalue weighted by molar-refractivity contribution is -0.164. The van der Waals surface area contributed by atoms with E-state index in [1.54, 1.807) is 32.9 Å². The van der Waals surface area contributed by atoms with E-state index >= 15 is 0 Å². The molecular weight excluding hydrogens is 291 g/mol. The van der Waals surface area contributed by atoms with Gasteiger partial charge in [0.1, 0.15) is 24.1 Å². The molecule has 22 heavy (non-hydrogen) atoms. The van der Waals surface area contributed by atoms with Crippen LogP contribution < -0.4 is 5.32 Å². The second-order valence-corrected chi connectivity index (χ2v) is 6.00. The van der Waals surface area contributed by atoms with Crippen molar-refractivity contribution in [2.45, 2.75) is 39.0 Å². The summed E-state index contributed by atoms with van der Waals surface area (Å²) < 4.78 is 17.9. The first-order valence-electron chi connectivity index (χ1n) is 6.93. The van der Waals surface area contributed by atoms with Crippen LogP contribution in [-0.4, -0.2) is 35.3 Å². The number of ether oxygens (including phenoxy) is 1. The van der Waals surface area contributed by atoms with E-state index in [0.29, 0.717) is 0 Å². The second kappa shape index (κ2) is 6.31. The molecule has 0 aromatic heterocycles. The van der Waals surface area contributed by atoms with Gasteiger partial charge in [-0.15, -0.1) is 0 Å². The molecule has 0 saturated carbocycles. The average molecular weight is 310 g/mol. The quantitative estimate of drug-likeness (QED) is 0.927. The number of alkyl carbamates (subject to hydrolysis) is 1. The van der Waals surface area contributed by atoms with Crippen molar-refractivity contribution in [1.82, 2.24) is 10.4 Å². The highest BCUT2D eigenvalue weighted by Crippen LogP contribution is 2.14. The first-order valence-corrected chi connectivity index (χ1v) is 6.93. The van der Waals surface area contributed by atoms with Gasteiger partial charge in [-0.2, -0.15) is 0 Å². The molecule has 1 N–H and O–H groups in total. The Morgan fingerprint density at radius 3 is 2.64 bits per heavy atom. The summed E-state index contributed by atoms with van der Waals surface area (Å²) in [6, 6.07) is 4.98. The van der Waals surface area contributed by atoms with Gasteiger partial charge in [-0.25, -0.2) is 14.2 Å². The Bertz CT molecular complexity index is 554. The van der Waals surface area contributed by atoms with Crippen molar-refractivity contribution in [3.8, 4) is 0 Å². The van der Waals surface area contributed by atoms with E-state index < -0.39 is 17.7 Å². The third kappa shape index (κ3) is 4.42. The fourth-order valence-electron chi connectivity index (χ4n) is 1.91. The molecule has 1 heterocycles. The maximum Gasteiger partial charge on any atom is 0.408 e. The first-order chi connectivity index (χ1) is 10.2. The average Bonchev–Trinajstić information content (AvgIpc) is 2.72. The number of halogens is 1. The number of hydrogen-bond acceptors (Lipinski definition) is 4. The van der Waals surface area contributed by atoms with Gasteiger partial charge in [0.25, 0.3) is 5.91 Å². The van der Waals surface area contributed by atoms with E-state index in [9.17, 15) is 14.0 Å². The normalized spacial score (nSPS) is 18.5. The van der Waals surface area contributed by atoms with Crippen molar-refractivity contribution in [2.75, 3.05) is 6.61 Å². The molecule has 120 valence electrons. The molecule has 0 spiro atoms. The fourth-order valence-corrected chi connectivity index (χ4v) is 1.91. The number of rotatable bonds is 3. The Labute approximate surface area is 128 Å². The molecule has 2 rings (SSSR count). The molecule has 0 bridgehead atoms. The molecule has 1 aliphatic rings. The van der Waals surface area contributed by atoms with E-state index in [-0.39, 0.29) is 24.9 Å². The van der Waals surface area contributed by atoms with Gasteiger partial charge in [-0.05, 0) is 38.5 Å². The molecule has 0 unspecified atom stereocenters. The number of nitrogens with one attached hydrogen (secondary N) is 1. The van der Waals surface area contributed by atoms with Crippen molar-refractivity contribution in [2.24, 2.45) is 0 Å². The van der Waals surface area contributed by atoms with Crippen LogP contribution in [0, 0.1) is 5.82 Å². The predicted molar refractivity (Wildman–Crippen MR) is 76.1 cm³/mol. The van der Waals surface area contributed by atoms with E-state index in [0.717, 1.165) is 10.6 Å². The lowest BCUT2D eigenvalue weighted by Crippen LogP contribution is -2.44. The minimum Gasteiger partial charge on any atom is -0.444 e. The van der Waals surface area contributed by atoms with Gasteiger partial charge in [0.2, 0.25) is 0 Å². The number of carbonyl (C=O) groups excluding carboxylic acids is 2. The third-order valence-corrected chi connectivity index (χ3v) is 2.87. The third-order valence-electron chi connectivity index (χ3n) is 2.87. The highest BCUT2D eigenvalue weighted by molar-refractivity contribution is 5.86. The maximum absolute atomic E-state index is 12.8. The summed E-state index contributed by atoms with van der Waals surface area (Å²) in [6.07, 6.45) is -0.668. The maximum atomic E-state index is 12.8. The molecule has 1 aromatic rings. The first kappa shape index (κ1) is 16.2. The van der Waals surface area contributed by atoms with Crippen molar-refractivity contribution in [3.05, 3.63) is 35.6 Å². The van der Waals surface area contributed by atoms with Crippen LogP contribution in [0.2, 0.25) is 0 Å². The van der Waals surface area contributed by atoms with Gasteiger partial charge >= 0.3 is 6.09 Å². The van der Waals surface area contributed by atoms with Gasteiger partial charge in [-0.1, -0.05) is 12.1 Å². The van der Waals surface area contributed by atoms with E-state index in [2.05, 4.69) is 5.32 Å². The second-order valence-electron chi connectivity index (χ2n) is 6.00. The standard InChI is InChI=1S/C15H19FN2O4/c1-15(2,3)22-14(20)17-12-9-21-18(13(12)19)8-10-4-6-11(16)7-5-10/h4-7,12H,8-9H2,1-3H3,(H,17,20)/t12-/m1/s1. The van der Waals surface area contributed by atoms with Crippen LogP contribution in [0.4, 0.5) is 9.18 Å². The van der Waals surface area contributed by atoms with E-state index in [4.69, 9.17) is 9.57 Å². The summed E-state index contributed by atoms with van der Waals surface area (Å²) in [4.78, 5) is 29.1. The van der Waals surface area contributed by atoms with Crippen LogP contribution in [0.25, 0.3) is 0 Å². The van der Waals surface area contributed by atoms with E-state index in [1.165, 1.54) is 12.1 Å². The van der Waals surface area contributed by atoms with Crippen LogP contribution in [0.15, 0.2) is 24.3 Å². The van der Waals surface area contributed by atoms with Crippen molar-refractivity contribution in [1.29, 1.82) is 0 Å². The Kier molecular flexibility index (Phi) is 4.65. The number of benzene rings is 1. The van der Waals surface area contributed by atoms with Gasteiger partial charge in [-0.3, -0.25) is 9.63 Å². The molecule has 6 nitrogen and oxygen atoms in total. The van der Waals surface area contributed by atoms with Crippen LogP contribution >= 0.6 is 0 Å². The summed E-state index contributed by atoms with van der Waals surface area (Å²) >= 11 is 0. The molecule has 1 aliphatic heterocycles. The number of nitrogens with zero attached hydrogens (tertiary/aromatic N) is 1. The molecule has 7 heteroatoms. The number of hydroxylamine groups is 2. The summed E-state index contributed by atoms with van der Waals surface area (Å²) in [5.74, 6) is -0.711. The summed E-state index contributed by atoms with van der Waals surface area (Å²) in [5, 5.41) is 3.62. The number of amides is 2. The smallest absolute Gasteiger partial charge is 0.408 e. The number of hydrogen-bond donors (Lipinski definition) is 1. The highest BCUT2D eigenvalue weighted by atomic mass is 19.1. The molecule has 1 aromatic carbocycles. The SMILES string of the molecule is CC(C)(C)OC(=O)N[C@@H]1CON(Cc2ccc(F)cc2)C1=O. The molecule has 0 aliphatic carbocycles. The van der Waals surface area contributed by atoms with Crippen LogP contribution in [0.3, 0.4) is 0 Å². The zero-order chi connectivity index (χ0) is 16.3. The van der Waals surface area contributed by atoms with Crippen molar-refractivity contribution < 1.29 is 23.6 Å². The van der Waals surface area contributed by atoms with Crippen molar-refractivity contribution >= 4 is 12.0 Å². The topological polar surface area (TPSA) is 67.9 Å². The van der Waals surface area contributed by atoms with Crippen LogP contribution in [0.1, 0.15) is 26.3 Å². The van der Waals surface area contributed by atoms with E-state index in [1.807, 2.05) is 0 Å². The Hall–Kier alpha value is -2.15. The summed E-state index contributed by atoms with van der Waals surface area (Å²) in [5.41, 5.74) is 0.0908. The zero-order valence-corrected chi connectivity index (χ0v) is 12.8. The van der Waals surface area contributed by atoms with Gasteiger partial charge < -0.3 is 10.1 Å². The predicted octanol–water partition coefficient (Wildman–Crippen LogP) is 1.99. The molecule has 2 amide bonds. The lowest BCUT2D eigenvalue weighted by atomic mass is 10.2. The molecule has 0 radical (unpaired) electrons. The summed E-state index contributed by atoms with van der Waals surface area (Å²) in [7, 11) is 0. The molecular formula is C15H19FN2O4. The Morgan fingerprint density at radius 2 is 2.05 bits per heavy atom. The molecule has 1 saturated heterocycles. The lowest BCUT2D eigenvalue weighted by Gasteiger charge is -2.20. The monoisotopic (exact) mass is 310 g/mol. The molecule has 1 atom stereocenters. The Balaban J connectivity index is 1.89. The summed E-state index contributed by atoms with van der Waals surface area (Å²) in [6.45, 7) is 5.44. The fraction of sp³-hybridized carbons (Fsp3) is 0.467. The van der Waals surface area contributed by atoms with Gasteiger partial charge in [0.15, 0.2) is 0 Å². The number of carbonyl (C=O) groups is 2. The zero-order valence-electron chi connectivity index (χ0n) is 12.8. The Morgan fingerprint density at radius 1 is 1.41 bits per heavy atom. The highest BCUT2D eigenvalue weighted by Gasteiger charge is 2.35. The minimum atomic E-state index is -0.782.